The van der Waals surface area contributed by atoms with Gasteiger partial charge in [-0.25, -0.2) is 17.8 Å². The van der Waals surface area contributed by atoms with E-state index in [9.17, 15) is 8.42 Å². The predicted octanol–water partition coefficient (Wildman–Crippen LogP) is 2.09. The number of nitrogens with one attached hydrogen (secondary N) is 1. The van der Waals surface area contributed by atoms with Crippen LogP contribution in [0.2, 0.25) is 0 Å². The number of halogens is 1. The summed E-state index contributed by atoms with van der Waals surface area (Å²) in [6.07, 6.45) is 0.754. The van der Waals surface area contributed by atoms with E-state index in [2.05, 4.69) is 31.0 Å². The summed E-state index contributed by atoms with van der Waals surface area (Å²) in [6, 6.07) is 7.64. The molecule has 112 valence electrons. The lowest BCUT2D eigenvalue weighted by molar-refractivity contribution is 0.531. The Balaban J connectivity index is 1.94. The average Bonchev–Trinajstić information content (AvgIpc) is 2.79. The quantitative estimate of drug-likeness (QED) is 0.870. The number of aromatic nitrogens is 3. The van der Waals surface area contributed by atoms with Crippen LogP contribution in [0.4, 0.5) is 0 Å². The predicted molar refractivity (Wildman–Crippen MR) is 83.5 cm³/mol. The van der Waals surface area contributed by atoms with Crippen LogP contribution in [-0.4, -0.2) is 29.2 Å². The van der Waals surface area contributed by atoms with E-state index in [1.54, 1.807) is 18.8 Å². The van der Waals surface area contributed by atoms with E-state index in [0.29, 0.717) is 0 Å². The molecule has 0 saturated heterocycles. The van der Waals surface area contributed by atoms with Crippen LogP contribution < -0.4 is 4.72 Å². The molecular weight excluding hydrogens is 376 g/mol. The van der Waals surface area contributed by atoms with Gasteiger partial charge in [-0.1, -0.05) is 23.4 Å². The number of sulfonamides is 1. The maximum Gasteiger partial charge on any atom is 0.261 e. The third-order valence-electron chi connectivity index (χ3n) is 3.25. The first-order valence-corrected chi connectivity index (χ1v) is 9.54. The third kappa shape index (κ3) is 2.87. The van der Waals surface area contributed by atoms with Gasteiger partial charge in [0.15, 0.2) is 4.60 Å². The summed E-state index contributed by atoms with van der Waals surface area (Å²) >= 11 is 4.88. The molecule has 2 heterocycles. The first-order chi connectivity index (χ1) is 9.99. The molecule has 2 aromatic rings. The van der Waals surface area contributed by atoms with Crippen LogP contribution in [0, 0.1) is 0 Å². The zero-order chi connectivity index (χ0) is 15.0. The van der Waals surface area contributed by atoms with Crippen molar-refractivity contribution in [2.24, 2.45) is 7.05 Å². The lowest BCUT2D eigenvalue weighted by atomic mass is 10.1. The van der Waals surface area contributed by atoms with E-state index >= 15 is 0 Å². The van der Waals surface area contributed by atoms with Crippen LogP contribution in [0.15, 0.2) is 38.8 Å². The molecule has 0 radical (unpaired) electrons. The molecule has 0 spiro atoms. The molecule has 0 fully saturated rings. The van der Waals surface area contributed by atoms with Crippen molar-refractivity contribution in [1.29, 1.82) is 0 Å². The lowest BCUT2D eigenvalue weighted by Gasteiger charge is -2.25. The van der Waals surface area contributed by atoms with Gasteiger partial charge in [0.1, 0.15) is 0 Å². The highest BCUT2D eigenvalue weighted by molar-refractivity contribution is 9.10. The molecule has 3 rings (SSSR count). The number of fused-ring (bicyclic) bond motifs is 1. The van der Waals surface area contributed by atoms with Crippen molar-refractivity contribution in [2.75, 3.05) is 5.75 Å². The summed E-state index contributed by atoms with van der Waals surface area (Å²) in [5, 5.41) is 7.48. The number of nitrogens with zero attached hydrogens (tertiary/aromatic N) is 3. The Morgan fingerprint density at radius 3 is 2.90 bits per heavy atom. The molecule has 6 nitrogen and oxygen atoms in total. The minimum absolute atomic E-state index is 0.0400. The first kappa shape index (κ1) is 15.0. The summed E-state index contributed by atoms with van der Waals surface area (Å²) in [5.74, 6) is 0.884. The summed E-state index contributed by atoms with van der Waals surface area (Å²) < 4.78 is 29.4. The molecule has 1 aromatic carbocycles. The largest absolute Gasteiger partial charge is 0.261 e. The molecule has 0 saturated carbocycles. The zero-order valence-electron chi connectivity index (χ0n) is 11.2. The molecule has 0 bridgehead atoms. The van der Waals surface area contributed by atoms with Gasteiger partial charge in [0.2, 0.25) is 5.03 Å². The highest BCUT2D eigenvalue weighted by Crippen LogP contribution is 2.36. The molecule has 9 heteroatoms. The fraction of sp³-hybridized carbons (Fsp3) is 0.333. The van der Waals surface area contributed by atoms with Gasteiger partial charge in [0, 0.05) is 18.0 Å². The number of aryl methyl sites for hydroxylation is 1. The molecule has 1 aliphatic heterocycles. The minimum atomic E-state index is -3.69. The Bertz CT molecular complexity index is 756. The highest BCUT2D eigenvalue weighted by atomic mass is 79.9. The Kier molecular flexibility index (Phi) is 4.08. The van der Waals surface area contributed by atoms with Gasteiger partial charge in [0.05, 0.1) is 0 Å². The monoisotopic (exact) mass is 388 g/mol. The van der Waals surface area contributed by atoms with Gasteiger partial charge < -0.3 is 0 Å². The molecule has 0 amide bonds. The average molecular weight is 389 g/mol. The number of hydrogen-bond donors (Lipinski definition) is 1. The van der Waals surface area contributed by atoms with Crippen LogP contribution in [0.25, 0.3) is 0 Å². The van der Waals surface area contributed by atoms with Gasteiger partial charge in [-0.05, 0) is 39.7 Å². The maximum absolute atomic E-state index is 12.6. The molecule has 1 aliphatic rings. The third-order valence-corrected chi connectivity index (χ3v) is 6.73. The van der Waals surface area contributed by atoms with Crippen molar-refractivity contribution < 1.29 is 8.42 Å². The van der Waals surface area contributed by atoms with Crippen molar-refractivity contribution in [2.45, 2.75) is 22.4 Å². The van der Waals surface area contributed by atoms with Crippen LogP contribution in [0.1, 0.15) is 18.0 Å². The Labute approximate surface area is 135 Å². The second-order valence-corrected chi connectivity index (χ2v) is 8.18. The molecular formula is C12H13BrN4O2S2. The number of benzene rings is 1. The van der Waals surface area contributed by atoms with E-state index < -0.39 is 10.0 Å². The van der Waals surface area contributed by atoms with Gasteiger partial charge >= 0.3 is 0 Å². The maximum atomic E-state index is 12.6. The van der Waals surface area contributed by atoms with E-state index in [1.807, 2.05) is 24.3 Å². The van der Waals surface area contributed by atoms with Gasteiger partial charge in [0.25, 0.3) is 10.0 Å². The molecule has 1 N–H and O–H groups in total. The standard InChI is InChI=1S/C12H13BrN4O2S2/c1-17-12(11(13)14-16-17)21(18,19)15-9-6-7-20-10-5-3-2-4-8(9)10/h2-5,9,15H,6-7H2,1H3. The smallest absolute Gasteiger partial charge is 0.235 e. The highest BCUT2D eigenvalue weighted by Gasteiger charge is 2.30. The normalized spacial score (nSPS) is 18.5. The van der Waals surface area contributed by atoms with Gasteiger partial charge in [-0.3, -0.25) is 0 Å². The van der Waals surface area contributed by atoms with Crippen LogP contribution >= 0.6 is 27.7 Å². The SMILES string of the molecule is Cn1nnc(Br)c1S(=O)(=O)NC1CCSc2ccccc21. The Hall–Kier alpha value is -0.900. The van der Waals surface area contributed by atoms with Crippen LogP contribution in [-0.2, 0) is 17.1 Å². The minimum Gasteiger partial charge on any atom is -0.235 e. The Morgan fingerprint density at radius 1 is 1.43 bits per heavy atom. The molecule has 1 unspecified atom stereocenters. The second kappa shape index (κ2) is 5.71. The molecule has 1 aromatic heterocycles. The second-order valence-electron chi connectivity index (χ2n) is 4.66. The number of thioether (sulfide) groups is 1. The van der Waals surface area contributed by atoms with Crippen molar-refractivity contribution in [1.82, 2.24) is 19.7 Å². The molecule has 21 heavy (non-hydrogen) atoms. The van der Waals surface area contributed by atoms with Crippen LogP contribution in [0.3, 0.4) is 0 Å². The summed E-state index contributed by atoms with van der Waals surface area (Å²) in [6.45, 7) is 0. The van der Waals surface area contributed by atoms with E-state index in [4.69, 9.17) is 0 Å². The summed E-state index contributed by atoms with van der Waals surface area (Å²) in [7, 11) is -2.14. The van der Waals surface area contributed by atoms with E-state index in [1.165, 1.54) is 4.68 Å². The van der Waals surface area contributed by atoms with Gasteiger partial charge in [-0.15, -0.1) is 16.9 Å². The number of rotatable bonds is 3. The summed E-state index contributed by atoms with van der Waals surface area (Å²) in [4.78, 5) is 1.12. The topological polar surface area (TPSA) is 76.9 Å². The van der Waals surface area contributed by atoms with Gasteiger partial charge in [-0.2, -0.15) is 0 Å². The Morgan fingerprint density at radius 2 is 2.19 bits per heavy atom. The van der Waals surface area contributed by atoms with E-state index in [-0.39, 0.29) is 15.7 Å². The fourth-order valence-electron chi connectivity index (χ4n) is 2.32. The lowest BCUT2D eigenvalue weighted by Crippen LogP contribution is -2.32. The first-order valence-electron chi connectivity index (χ1n) is 6.28. The summed E-state index contributed by atoms with van der Waals surface area (Å²) in [5.41, 5.74) is 1.02. The molecule has 1 atom stereocenters. The van der Waals surface area contributed by atoms with Crippen molar-refractivity contribution in [3.05, 3.63) is 34.4 Å². The fourth-order valence-corrected chi connectivity index (χ4v) is 5.79. The van der Waals surface area contributed by atoms with Crippen molar-refractivity contribution in [3.8, 4) is 0 Å². The number of hydrogen-bond acceptors (Lipinski definition) is 5. The van der Waals surface area contributed by atoms with Crippen molar-refractivity contribution in [3.63, 3.8) is 0 Å². The zero-order valence-corrected chi connectivity index (χ0v) is 14.4. The van der Waals surface area contributed by atoms with Crippen molar-refractivity contribution >= 4 is 37.7 Å². The van der Waals surface area contributed by atoms with Crippen LogP contribution in [0.5, 0.6) is 0 Å². The van der Waals surface area contributed by atoms with E-state index in [0.717, 1.165) is 22.6 Å². The molecule has 0 aliphatic carbocycles.